The third-order valence-electron chi connectivity index (χ3n) is 6.07. The summed E-state index contributed by atoms with van der Waals surface area (Å²) in [5.41, 5.74) is 5.18. The van der Waals surface area contributed by atoms with Crippen LogP contribution in [0.1, 0.15) is 65.8 Å². The van der Waals surface area contributed by atoms with E-state index < -0.39 is 11.8 Å². The topological polar surface area (TPSA) is 51.2 Å². The summed E-state index contributed by atoms with van der Waals surface area (Å²) in [5.74, 6) is -1.18. The Morgan fingerprint density at radius 1 is 1.03 bits per heavy atom. The highest BCUT2D eigenvalue weighted by molar-refractivity contribution is 9.10. The number of Topliss-reactive ketones (excluding diaryl/α,β-unsaturated/α-hetero) is 3. The number of hydrogen-bond acceptors (Lipinski definition) is 3. The van der Waals surface area contributed by atoms with Crippen molar-refractivity contribution in [2.24, 2.45) is 5.92 Å². The Labute approximate surface area is 187 Å². The molecule has 3 rings (SSSR count). The van der Waals surface area contributed by atoms with Gasteiger partial charge in [0.2, 0.25) is 0 Å². The van der Waals surface area contributed by atoms with Crippen LogP contribution in [0.5, 0.6) is 0 Å². The first-order valence-corrected chi connectivity index (χ1v) is 11.5. The molecule has 1 aliphatic rings. The van der Waals surface area contributed by atoms with Crippen LogP contribution in [0.4, 0.5) is 0 Å². The highest BCUT2D eigenvalue weighted by Gasteiger charge is 2.43. The van der Waals surface area contributed by atoms with Crippen LogP contribution in [0.25, 0.3) is 0 Å². The number of halogens is 1. The maximum atomic E-state index is 13.0. The van der Waals surface area contributed by atoms with Gasteiger partial charge in [-0.25, -0.2) is 0 Å². The van der Waals surface area contributed by atoms with Crippen LogP contribution in [-0.2, 0) is 20.8 Å². The van der Waals surface area contributed by atoms with Crippen molar-refractivity contribution in [3.05, 3.63) is 68.7 Å². The Balaban J connectivity index is 1.55. The lowest BCUT2D eigenvalue weighted by atomic mass is 9.86. The van der Waals surface area contributed by atoms with E-state index in [-0.39, 0.29) is 30.2 Å². The molecule has 0 saturated heterocycles. The normalized spacial score (nSPS) is 18.8. The molecule has 0 bridgehead atoms. The molecule has 0 aromatic heterocycles. The largest absolute Gasteiger partial charge is 0.300 e. The van der Waals surface area contributed by atoms with Crippen LogP contribution in [0.3, 0.4) is 0 Å². The lowest BCUT2D eigenvalue weighted by molar-refractivity contribution is -0.127. The molecule has 1 aliphatic carbocycles. The van der Waals surface area contributed by atoms with Crippen LogP contribution in [0.15, 0.2) is 40.9 Å². The molecule has 1 saturated carbocycles. The SMILES string of the molecule is Cc1cc(C)c(C2C(=O)CC(CC(=O)CCCCc3ccccc3Br)C2=O)c(C)c1. The van der Waals surface area contributed by atoms with Gasteiger partial charge in [-0.1, -0.05) is 51.8 Å². The van der Waals surface area contributed by atoms with Gasteiger partial charge in [0, 0.05) is 29.7 Å². The number of carbonyl (C=O) groups is 3. The van der Waals surface area contributed by atoms with E-state index in [4.69, 9.17) is 0 Å². The molecule has 0 heterocycles. The van der Waals surface area contributed by atoms with Crippen LogP contribution in [-0.4, -0.2) is 17.3 Å². The molecule has 0 spiro atoms. The van der Waals surface area contributed by atoms with E-state index in [9.17, 15) is 14.4 Å². The van der Waals surface area contributed by atoms with E-state index >= 15 is 0 Å². The molecular weight excluding hydrogens is 440 g/mol. The minimum absolute atomic E-state index is 0.0400. The number of carbonyl (C=O) groups excluding carboxylic acids is 3. The Morgan fingerprint density at radius 3 is 2.37 bits per heavy atom. The molecule has 2 aromatic carbocycles. The number of ketones is 3. The summed E-state index contributed by atoms with van der Waals surface area (Å²) in [4.78, 5) is 38.2. The van der Waals surface area contributed by atoms with Crippen molar-refractivity contribution in [3.63, 3.8) is 0 Å². The van der Waals surface area contributed by atoms with Crippen molar-refractivity contribution < 1.29 is 14.4 Å². The lowest BCUT2D eigenvalue weighted by Gasteiger charge is -2.16. The second kappa shape index (κ2) is 9.82. The molecule has 158 valence electrons. The highest BCUT2D eigenvalue weighted by atomic mass is 79.9. The quantitative estimate of drug-likeness (QED) is 0.353. The Morgan fingerprint density at radius 2 is 1.70 bits per heavy atom. The molecule has 2 unspecified atom stereocenters. The number of rotatable bonds is 8. The molecule has 4 heteroatoms. The van der Waals surface area contributed by atoms with E-state index in [0.29, 0.717) is 6.42 Å². The van der Waals surface area contributed by atoms with Crippen LogP contribution in [0, 0.1) is 26.7 Å². The van der Waals surface area contributed by atoms with Gasteiger partial charge in [-0.05, 0) is 68.4 Å². The van der Waals surface area contributed by atoms with Gasteiger partial charge >= 0.3 is 0 Å². The predicted molar refractivity (Wildman–Crippen MR) is 123 cm³/mol. The summed E-state index contributed by atoms with van der Waals surface area (Å²) in [6.07, 6.45) is 3.50. The van der Waals surface area contributed by atoms with Gasteiger partial charge in [-0.3, -0.25) is 14.4 Å². The molecule has 0 N–H and O–H groups in total. The van der Waals surface area contributed by atoms with Crippen molar-refractivity contribution >= 4 is 33.3 Å². The third kappa shape index (κ3) is 5.15. The van der Waals surface area contributed by atoms with Crippen molar-refractivity contribution in [3.8, 4) is 0 Å². The monoisotopic (exact) mass is 468 g/mol. The summed E-state index contributed by atoms with van der Waals surface area (Å²) >= 11 is 3.55. The van der Waals surface area contributed by atoms with Crippen LogP contribution in [0.2, 0.25) is 0 Å². The number of benzene rings is 2. The molecule has 2 atom stereocenters. The zero-order valence-electron chi connectivity index (χ0n) is 18.0. The standard InChI is InChI=1S/C26H29BrO3/c1-16-12-17(2)24(18(3)13-16)25-23(29)15-20(26(25)30)14-21(28)10-6-4-8-19-9-5-7-11-22(19)27/h5,7,9,11-13,20,25H,4,6,8,10,14-15H2,1-3H3. The molecule has 3 nitrogen and oxygen atoms in total. The van der Waals surface area contributed by atoms with Gasteiger partial charge in [0.25, 0.3) is 0 Å². The highest BCUT2D eigenvalue weighted by Crippen LogP contribution is 2.37. The Bertz CT molecular complexity index is 953. The number of aryl methyl sites for hydroxylation is 4. The molecule has 2 aromatic rings. The summed E-state index contributed by atoms with van der Waals surface area (Å²) in [5, 5.41) is 0. The zero-order chi connectivity index (χ0) is 21.8. The van der Waals surface area contributed by atoms with E-state index in [1.54, 1.807) is 0 Å². The average molecular weight is 469 g/mol. The van der Waals surface area contributed by atoms with Crippen molar-refractivity contribution in [2.75, 3.05) is 0 Å². The molecule has 0 radical (unpaired) electrons. The lowest BCUT2D eigenvalue weighted by Crippen LogP contribution is -2.19. The maximum absolute atomic E-state index is 13.0. The average Bonchev–Trinajstić information content (AvgIpc) is 2.93. The summed E-state index contributed by atoms with van der Waals surface area (Å²) in [7, 11) is 0. The zero-order valence-corrected chi connectivity index (χ0v) is 19.6. The summed E-state index contributed by atoms with van der Waals surface area (Å²) in [6, 6.07) is 12.2. The molecular formula is C26H29BrO3. The van der Waals surface area contributed by atoms with Gasteiger partial charge in [0.15, 0.2) is 5.78 Å². The minimum Gasteiger partial charge on any atom is -0.300 e. The number of unbranched alkanes of at least 4 members (excludes halogenated alkanes) is 1. The smallest absolute Gasteiger partial charge is 0.151 e. The van der Waals surface area contributed by atoms with Crippen LogP contribution < -0.4 is 0 Å². The minimum atomic E-state index is -0.696. The van der Waals surface area contributed by atoms with Gasteiger partial charge in [-0.2, -0.15) is 0 Å². The van der Waals surface area contributed by atoms with Gasteiger partial charge < -0.3 is 0 Å². The molecule has 1 fully saturated rings. The van der Waals surface area contributed by atoms with Crippen LogP contribution >= 0.6 is 15.9 Å². The fourth-order valence-electron chi connectivity index (χ4n) is 4.69. The molecule has 30 heavy (non-hydrogen) atoms. The van der Waals surface area contributed by atoms with Crippen molar-refractivity contribution in [2.45, 2.75) is 65.2 Å². The molecule has 0 aliphatic heterocycles. The van der Waals surface area contributed by atoms with Crippen molar-refractivity contribution in [1.29, 1.82) is 0 Å². The first kappa shape index (κ1) is 22.6. The predicted octanol–water partition coefficient (Wildman–Crippen LogP) is 5.99. The van der Waals surface area contributed by atoms with Crippen molar-refractivity contribution in [1.82, 2.24) is 0 Å². The van der Waals surface area contributed by atoms with E-state index in [0.717, 1.165) is 46.0 Å². The number of hydrogen-bond donors (Lipinski definition) is 0. The van der Waals surface area contributed by atoms with Gasteiger partial charge in [0.1, 0.15) is 17.5 Å². The summed E-state index contributed by atoms with van der Waals surface area (Å²) < 4.78 is 1.10. The summed E-state index contributed by atoms with van der Waals surface area (Å²) in [6.45, 7) is 5.93. The fraction of sp³-hybridized carbons (Fsp3) is 0.423. The fourth-order valence-corrected chi connectivity index (χ4v) is 5.18. The Hall–Kier alpha value is -2.07. The third-order valence-corrected chi connectivity index (χ3v) is 6.84. The first-order valence-electron chi connectivity index (χ1n) is 10.7. The second-order valence-electron chi connectivity index (χ2n) is 8.56. The van der Waals surface area contributed by atoms with Gasteiger partial charge in [0.05, 0.1) is 0 Å². The van der Waals surface area contributed by atoms with E-state index in [1.807, 2.05) is 51.1 Å². The maximum Gasteiger partial charge on any atom is 0.151 e. The van der Waals surface area contributed by atoms with Gasteiger partial charge in [-0.15, -0.1) is 0 Å². The Kier molecular flexibility index (Phi) is 7.41. The van der Waals surface area contributed by atoms with E-state index in [2.05, 4.69) is 22.0 Å². The molecule has 0 amide bonds. The van der Waals surface area contributed by atoms with E-state index in [1.165, 1.54) is 5.56 Å². The first-order chi connectivity index (χ1) is 14.3. The second-order valence-corrected chi connectivity index (χ2v) is 9.41.